The van der Waals surface area contributed by atoms with Crippen LogP contribution in [0, 0.1) is 0 Å². The van der Waals surface area contributed by atoms with E-state index < -0.39 is 0 Å². The highest BCUT2D eigenvalue weighted by Crippen LogP contribution is 1.98. The van der Waals surface area contributed by atoms with Crippen LogP contribution in [0.1, 0.15) is 12.1 Å². The number of carbonyl (C=O) groups is 1. The fraction of sp³-hybridized carbons (Fsp3) is 0.300. The number of amides is 1. The van der Waals surface area contributed by atoms with Gasteiger partial charge < -0.3 is 10.3 Å². The van der Waals surface area contributed by atoms with Gasteiger partial charge in [0.25, 0.3) is 0 Å². The maximum absolute atomic E-state index is 11.1. The molecule has 0 aliphatic rings. The Labute approximate surface area is 77.9 Å². The Hall–Kier alpha value is -1.51. The van der Waals surface area contributed by atoms with Crippen LogP contribution in [0.2, 0.25) is 0 Å². The van der Waals surface area contributed by atoms with Crippen LogP contribution in [0.15, 0.2) is 31.0 Å². The zero-order valence-corrected chi connectivity index (χ0v) is 7.55. The van der Waals surface area contributed by atoms with E-state index in [2.05, 4.69) is 16.9 Å². The van der Waals surface area contributed by atoms with Crippen LogP contribution >= 0.6 is 0 Å². The van der Waals surface area contributed by atoms with Gasteiger partial charge in [-0.05, 0) is 18.6 Å². The highest BCUT2D eigenvalue weighted by atomic mass is 16.1. The van der Waals surface area contributed by atoms with E-state index in [4.69, 9.17) is 0 Å². The highest BCUT2D eigenvalue weighted by molar-refractivity contribution is 5.76. The molecule has 1 aromatic heterocycles. The van der Waals surface area contributed by atoms with E-state index in [-0.39, 0.29) is 5.91 Å². The standard InChI is InChI=1S/C10H14N2O/c1-2-7-12-10(13)6-5-9-4-3-8-11-9/h2-4,8,11H,1,5-7H2,(H,12,13). The van der Waals surface area contributed by atoms with Gasteiger partial charge in [-0.3, -0.25) is 4.79 Å². The molecule has 0 saturated heterocycles. The van der Waals surface area contributed by atoms with E-state index in [9.17, 15) is 4.79 Å². The first kappa shape index (κ1) is 9.58. The van der Waals surface area contributed by atoms with Crippen molar-refractivity contribution in [2.45, 2.75) is 12.8 Å². The predicted octanol–water partition coefficient (Wildman–Crippen LogP) is 1.25. The molecule has 13 heavy (non-hydrogen) atoms. The highest BCUT2D eigenvalue weighted by Gasteiger charge is 2.00. The third kappa shape index (κ3) is 3.60. The number of hydrogen-bond acceptors (Lipinski definition) is 1. The van der Waals surface area contributed by atoms with Gasteiger partial charge in [0, 0.05) is 24.9 Å². The first-order chi connectivity index (χ1) is 6.33. The molecule has 1 rings (SSSR count). The average molecular weight is 178 g/mol. The third-order valence-corrected chi connectivity index (χ3v) is 1.73. The Bertz CT molecular complexity index is 264. The smallest absolute Gasteiger partial charge is 0.220 e. The molecule has 0 aromatic carbocycles. The minimum Gasteiger partial charge on any atom is -0.365 e. The van der Waals surface area contributed by atoms with Crippen molar-refractivity contribution in [3.05, 3.63) is 36.7 Å². The fourth-order valence-corrected chi connectivity index (χ4v) is 1.05. The molecule has 3 heteroatoms. The summed E-state index contributed by atoms with van der Waals surface area (Å²) in [6.07, 6.45) is 4.81. The first-order valence-electron chi connectivity index (χ1n) is 4.33. The Balaban J connectivity index is 2.19. The van der Waals surface area contributed by atoms with Gasteiger partial charge in [-0.25, -0.2) is 0 Å². The van der Waals surface area contributed by atoms with E-state index in [0.717, 1.165) is 12.1 Å². The van der Waals surface area contributed by atoms with Crippen molar-refractivity contribution < 1.29 is 4.79 Å². The van der Waals surface area contributed by atoms with Crippen molar-refractivity contribution in [2.75, 3.05) is 6.54 Å². The molecule has 3 nitrogen and oxygen atoms in total. The lowest BCUT2D eigenvalue weighted by Gasteiger charge is -2.00. The topological polar surface area (TPSA) is 44.9 Å². The molecule has 1 amide bonds. The van der Waals surface area contributed by atoms with Gasteiger partial charge >= 0.3 is 0 Å². The average Bonchev–Trinajstić information content (AvgIpc) is 2.64. The summed E-state index contributed by atoms with van der Waals surface area (Å²) in [5, 5.41) is 2.72. The van der Waals surface area contributed by atoms with Gasteiger partial charge in [0.2, 0.25) is 5.91 Å². The molecule has 1 heterocycles. The van der Waals surface area contributed by atoms with Gasteiger partial charge in [-0.15, -0.1) is 6.58 Å². The molecule has 0 unspecified atom stereocenters. The lowest BCUT2D eigenvalue weighted by Crippen LogP contribution is -2.23. The monoisotopic (exact) mass is 178 g/mol. The zero-order chi connectivity index (χ0) is 9.52. The van der Waals surface area contributed by atoms with Crippen molar-refractivity contribution in [3.8, 4) is 0 Å². The second-order valence-corrected chi connectivity index (χ2v) is 2.79. The van der Waals surface area contributed by atoms with Crippen LogP contribution < -0.4 is 5.32 Å². The summed E-state index contributed by atoms with van der Waals surface area (Å²) in [5.41, 5.74) is 1.09. The van der Waals surface area contributed by atoms with Gasteiger partial charge in [-0.2, -0.15) is 0 Å². The molecule has 2 N–H and O–H groups in total. The summed E-state index contributed by atoms with van der Waals surface area (Å²) in [7, 11) is 0. The number of aromatic amines is 1. The Kier molecular flexibility index (Phi) is 3.82. The zero-order valence-electron chi connectivity index (χ0n) is 7.55. The van der Waals surface area contributed by atoms with Crippen molar-refractivity contribution in [2.24, 2.45) is 0 Å². The number of aryl methyl sites for hydroxylation is 1. The maximum Gasteiger partial charge on any atom is 0.220 e. The summed E-state index contributed by atoms with van der Waals surface area (Å²) in [6, 6.07) is 3.90. The molecule has 0 aliphatic heterocycles. The molecule has 1 aromatic rings. The number of aromatic nitrogens is 1. The number of H-pyrrole nitrogens is 1. The van der Waals surface area contributed by atoms with Crippen LogP contribution in [-0.2, 0) is 11.2 Å². The van der Waals surface area contributed by atoms with Crippen molar-refractivity contribution in [3.63, 3.8) is 0 Å². The van der Waals surface area contributed by atoms with Crippen LogP contribution in [-0.4, -0.2) is 17.4 Å². The van der Waals surface area contributed by atoms with Gasteiger partial charge in [0.1, 0.15) is 0 Å². The van der Waals surface area contributed by atoms with Crippen molar-refractivity contribution in [1.29, 1.82) is 0 Å². The number of carbonyl (C=O) groups excluding carboxylic acids is 1. The van der Waals surface area contributed by atoms with Gasteiger partial charge in [0.15, 0.2) is 0 Å². The Morgan fingerprint density at radius 3 is 3.15 bits per heavy atom. The molecule has 0 radical (unpaired) electrons. The molecule has 0 spiro atoms. The van der Waals surface area contributed by atoms with Crippen LogP contribution in [0.4, 0.5) is 0 Å². The Morgan fingerprint density at radius 1 is 1.69 bits per heavy atom. The Morgan fingerprint density at radius 2 is 2.54 bits per heavy atom. The van der Waals surface area contributed by atoms with Gasteiger partial charge in [-0.1, -0.05) is 6.08 Å². The fourth-order valence-electron chi connectivity index (χ4n) is 1.05. The lowest BCUT2D eigenvalue weighted by molar-refractivity contribution is -0.120. The predicted molar refractivity (Wildman–Crippen MR) is 52.3 cm³/mol. The van der Waals surface area contributed by atoms with Crippen LogP contribution in [0.5, 0.6) is 0 Å². The summed E-state index contributed by atoms with van der Waals surface area (Å²) in [5.74, 6) is 0.0644. The molecular formula is C10H14N2O. The van der Waals surface area contributed by atoms with E-state index in [1.807, 2.05) is 18.3 Å². The first-order valence-corrected chi connectivity index (χ1v) is 4.33. The lowest BCUT2D eigenvalue weighted by atomic mass is 10.2. The minimum absolute atomic E-state index is 0.0644. The van der Waals surface area contributed by atoms with Gasteiger partial charge in [0.05, 0.1) is 0 Å². The van der Waals surface area contributed by atoms with Crippen LogP contribution in [0.25, 0.3) is 0 Å². The molecule has 0 atom stereocenters. The molecule has 70 valence electrons. The van der Waals surface area contributed by atoms with E-state index in [0.29, 0.717) is 13.0 Å². The number of rotatable bonds is 5. The molecule has 0 bridgehead atoms. The SMILES string of the molecule is C=CCNC(=O)CCc1ccc[nH]1. The van der Waals surface area contributed by atoms with E-state index in [1.54, 1.807) is 6.08 Å². The summed E-state index contributed by atoms with van der Waals surface area (Å²) in [6.45, 7) is 4.07. The second kappa shape index (κ2) is 5.19. The largest absolute Gasteiger partial charge is 0.365 e. The third-order valence-electron chi connectivity index (χ3n) is 1.73. The summed E-state index contributed by atoms with van der Waals surface area (Å²) >= 11 is 0. The quantitative estimate of drug-likeness (QED) is 0.655. The summed E-state index contributed by atoms with van der Waals surface area (Å²) < 4.78 is 0. The van der Waals surface area contributed by atoms with Crippen molar-refractivity contribution >= 4 is 5.91 Å². The molecule has 0 fully saturated rings. The van der Waals surface area contributed by atoms with E-state index >= 15 is 0 Å². The minimum atomic E-state index is 0.0644. The maximum atomic E-state index is 11.1. The molecule has 0 saturated carbocycles. The van der Waals surface area contributed by atoms with Crippen LogP contribution in [0.3, 0.4) is 0 Å². The molecular weight excluding hydrogens is 164 g/mol. The van der Waals surface area contributed by atoms with Crippen molar-refractivity contribution in [1.82, 2.24) is 10.3 Å². The normalized spacial score (nSPS) is 9.54. The second-order valence-electron chi connectivity index (χ2n) is 2.79. The molecule has 0 aliphatic carbocycles. The van der Waals surface area contributed by atoms with E-state index in [1.165, 1.54) is 0 Å². The summed E-state index contributed by atoms with van der Waals surface area (Å²) in [4.78, 5) is 14.2. The number of nitrogens with one attached hydrogen (secondary N) is 2. The number of hydrogen-bond donors (Lipinski definition) is 2.